The molecule has 24 heavy (non-hydrogen) atoms. The van der Waals surface area contributed by atoms with E-state index >= 15 is 0 Å². The summed E-state index contributed by atoms with van der Waals surface area (Å²) in [5, 5.41) is 2.64. The molecule has 0 unspecified atom stereocenters. The molecule has 0 saturated carbocycles. The lowest BCUT2D eigenvalue weighted by atomic mass is 10.2. The van der Waals surface area contributed by atoms with Gasteiger partial charge in [-0.3, -0.25) is 4.79 Å². The number of aromatic nitrogens is 1. The number of amides is 1. The molecule has 3 aromatic rings. The van der Waals surface area contributed by atoms with Gasteiger partial charge in [0.05, 0.1) is 18.5 Å². The molecule has 0 N–H and O–H groups in total. The first kappa shape index (κ1) is 16.1. The molecule has 0 fully saturated rings. The maximum Gasteiger partial charge on any atom is 0.246 e. The zero-order chi connectivity index (χ0) is 16.9. The lowest BCUT2D eigenvalue weighted by molar-refractivity contribution is -0.125. The molecule has 1 amide bonds. The van der Waals surface area contributed by atoms with E-state index in [0.29, 0.717) is 12.2 Å². The lowest BCUT2D eigenvalue weighted by Crippen LogP contribution is -2.23. The van der Waals surface area contributed by atoms with Gasteiger partial charge in [0.2, 0.25) is 5.91 Å². The summed E-state index contributed by atoms with van der Waals surface area (Å²) in [5.74, 6) is 0.315. The van der Waals surface area contributed by atoms with Gasteiger partial charge in [-0.15, -0.1) is 11.3 Å². The van der Waals surface area contributed by atoms with Gasteiger partial charge >= 0.3 is 0 Å². The van der Waals surface area contributed by atoms with Gasteiger partial charge in [-0.05, 0) is 42.5 Å². The summed E-state index contributed by atoms with van der Waals surface area (Å²) in [6.07, 6.45) is 4.73. The quantitative estimate of drug-likeness (QED) is 0.652. The van der Waals surface area contributed by atoms with Crippen LogP contribution in [-0.4, -0.2) is 22.8 Å². The van der Waals surface area contributed by atoms with Crippen molar-refractivity contribution in [2.75, 3.05) is 7.05 Å². The molecule has 0 aliphatic carbocycles. The topological polar surface area (TPSA) is 46.3 Å². The summed E-state index contributed by atoms with van der Waals surface area (Å²) in [7, 11) is 1.71. The molecule has 2 aromatic heterocycles. The molecule has 1 aromatic carbocycles. The fourth-order valence-electron chi connectivity index (χ4n) is 2.09. The average Bonchev–Trinajstić information content (AvgIpc) is 3.25. The van der Waals surface area contributed by atoms with Crippen LogP contribution in [0.15, 0.2) is 58.5 Å². The number of hydrogen-bond acceptors (Lipinski definition) is 4. The third-order valence-electron chi connectivity index (χ3n) is 3.36. The predicted molar refractivity (Wildman–Crippen MR) is 91.7 cm³/mol. The van der Waals surface area contributed by atoms with Crippen molar-refractivity contribution in [3.63, 3.8) is 0 Å². The van der Waals surface area contributed by atoms with Crippen molar-refractivity contribution < 1.29 is 13.6 Å². The molecule has 0 atom stereocenters. The number of likely N-dealkylation sites (N-methyl/N-ethyl adjacent to an activating group) is 1. The van der Waals surface area contributed by atoms with Crippen molar-refractivity contribution in [2.24, 2.45) is 0 Å². The first-order chi connectivity index (χ1) is 11.6. The van der Waals surface area contributed by atoms with Crippen molar-refractivity contribution >= 4 is 23.3 Å². The second-order valence-electron chi connectivity index (χ2n) is 5.19. The highest BCUT2D eigenvalue weighted by atomic mass is 32.1. The van der Waals surface area contributed by atoms with Crippen molar-refractivity contribution in [2.45, 2.75) is 6.54 Å². The zero-order valence-corrected chi connectivity index (χ0v) is 13.8. The molecule has 6 heteroatoms. The second kappa shape index (κ2) is 7.23. The van der Waals surface area contributed by atoms with Gasteiger partial charge in [0.15, 0.2) is 0 Å². The SMILES string of the molecule is CN(Cc1ccco1)C(=O)/C=C/c1csc(-c2ccc(F)cc2)n1. The Labute approximate surface area is 142 Å². The van der Waals surface area contributed by atoms with Crippen LogP contribution < -0.4 is 0 Å². The van der Waals surface area contributed by atoms with Crippen LogP contribution in [0.4, 0.5) is 4.39 Å². The number of rotatable bonds is 5. The van der Waals surface area contributed by atoms with Crippen LogP contribution in [0.3, 0.4) is 0 Å². The van der Waals surface area contributed by atoms with Crippen LogP contribution in [0.5, 0.6) is 0 Å². The minimum atomic E-state index is -0.277. The monoisotopic (exact) mass is 342 g/mol. The molecule has 0 bridgehead atoms. The predicted octanol–water partition coefficient (Wildman–Crippen LogP) is 4.21. The van der Waals surface area contributed by atoms with E-state index in [1.165, 1.54) is 29.5 Å². The molecule has 0 saturated heterocycles. The van der Waals surface area contributed by atoms with Crippen molar-refractivity contribution in [3.05, 3.63) is 71.4 Å². The van der Waals surface area contributed by atoms with E-state index in [4.69, 9.17) is 4.42 Å². The number of hydrogen-bond donors (Lipinski definition) is 0. The molecule has 3 rings (SSSR count). The number of furan rings is 1. The van der Waals surface area contributed by atoms with Crippen molar-refractivity contribution in [3.8, 4) is 10.6 Å². The highest BCUT2D eigenvalue weighted by molar-refractivity contribution is 7.13. The first-order valence-corrected chi connectivity index (χ1v) is 8.17. The minimum absolute atomic E-state index is 0.136. The summed E-state index contributed by atoms with van der Waals surface area (Å²) in [5.41, 5.74) is 1.54. The number of halogens is 1. The summed E-state index contributed by atoms with van der Waals surface area (Å²) in [4.78, 5) is 18.1. The van der Waals surface area contributed by atoms with Gasteiger partial charge in [0.25, 0.3) is 0 Å². The van der Waals surface area contributed by atoms with E-state index in [2.05, 4.69) is 4.98 Å². The highest BCUT2D eigenvalue weighted by Crippen LogP contribution is 2.24. The molecular weight excluding hydrogens is 327 g/mol. The Bertz CT molecular complexity index is 838. The minimum Gasteiger partial charge on any atom is -0.467 e. The van der Waals surface area contributed by atoms with Gasteiger partial charge < -0.3 is 9.32 Å². The van der Waals surface area contributed by atoms with Crippen molar-refractivity contribution in [1.82, 2.24) is 9.88 Å². The number of benzene rings is 1. The third kappa shape index (κ3) is 3.97. The summed E-state index contributed by atoms with van der Waals surface area (Å²) >= 11 is 1.45. The Kier molecular flexibility index (Phi) is 4.86. The molecule has 2 heterocycles. The summed E-state index contributed by atoms with van der Waals surface area (Å²) < 4.78 is 18.2. The Morgan fingerprint density at radius 1 is 1.33 bits per heavy atom. The largest absolute Gasteiger partial charge is 0.467 e. The fourth-order valence-corrected chi connectivity index (χ4v) is 2.88. The maximum atomic E-state index is 13.0. The van der Waals surface area contributed by atoms with E-state index in [-0.39, 0.29) is 11.7 Å². The third-order valence-corrected chi connectivity index (χ3v) is 4.27. The van der Waals surface area contributed by atoms with Crippen LogP contribution in [0.1, 0.15) is 11.5 Å². The van der Waals surface area contributed by atoms with Gasteiger partial charge in [-0.2, -0.15) is 0 Å². The zero-order valence-electron chi connectivity index (χ0n) is 13.0. The molecule has 4 nitrogen and oxygen atoms in total. The molecular formula is C18H15FN2O2S. The molecule has 0 aliphatic rings. The Morgan fingerprint density at radius 3 is 2.83 bits per heavy atom. The Morgan fingerprint density at radius 2 is 2.12 bits per heavy atom. The van der Waals surface area contributed by atoms with Crippen molar-refractivity contribution in [1.29, 1.82) is 0 Å². The molecule has 0 radical (unpaired) electrons. The number of carbonyl (C=O) groups is 1. The summed E-state index contributed by atoms with van der Waals surface area (Å²) in [6, 6.07) is 9.78. The van der Waals surface area contributed by atoms with E-state index in [1.807, 2.05) is 11.4 Å². The van der Waals surface area contributed by atoms with Crippen LogP contribution in [-0.2, 0) is 11.3 Å². The van der Waals surface area contributed by atoms with Crippen LogP contribution in [0.2, 0.25) is 0 Å². The number of thiazole rings is 1. The van der Waals surface area contributed by atoms with E-state index in [0.717, 1.165) is 16.3 Å². The number of nitrogens with zero attached hydrogens (tertiary/aromatic N) is 2. The van der Waals surface area contributed by atoms with Crippen LogP contribution in [0.25, 0.3) is 16.6 Å². The normalized spacial score (nSPS) is 11.1. The second-order valence-corrected chi connectivity index (χ2v) is 6.05. The van der Waals surface area contributed by atoms with Crippen LogP contribution in [0, 0.1) is 5.82 Å². The van der Waals surface area contributed by atoms with Gasteiger partial charge in [-0.1, -0.05) is 0 Å². The Hall–Kier alpha value is -2.73. The smallest absolute Gasteiger partial charge is 0.246 e. The van der Waals surface area contributed by atoms with Gasteiger partial charge in [0.1, 0.15) is 16.6 Å². The fraction of sp³-hybridized carbons (Fsp3) is 0.111. The maximum absolute atomic E-state index is 13.0. The standard InChI is InChI=1S/C18H15FN2O2S/c1-21(11-16-3-2-10-23-16)17(22)9-8-15-12-24-18(20-15)13-4-6-14(19)7-5-13/h2-10,12H,11H2,1H3/b9-8+. The lowest BCUT2D eigenvalue weighted by Gasteiger charge is -2.12. The van der Waals surface area contributed by atoms with Crippen LogP contribution >= 0.6 is 11.3 Å². The highest BCUT2D eigenvalue weighted by Gasteiger charge is 2.08. The van der Waals surface area contributed by atoms with E-state index < -0.39 is 0 Å². The number of carbonyl (C=O) groups excluding carboxylic acids is 1. The summed E-state index contributed by atoms with van der Waals surface area (Å²) in [6.45, 7) is 0.411. The average molecular weight is 342 g/mol. The first-order valence-electron chi connectivity index (χ1n) is 7.29. The van der Waals surface area contributed by atoms with Gasteiger partial charge in [-0.25, -0.2) is 9.37 Å². The molecule has 0 aliphatic heterocycles. The van der Waals surface area contributed by atoms with E-state index in [9.17, 15) is 9.18 Å². The van der Waals surface area contributed by atoms with E-state index in [1.54, 1.807) is 42.5 Å². The molecule has 0 spiro atoms. The van der Waals surface area contributed by atoms with Gasteiger partial charge in [0, 0.05) is 24.1 Å². The molecule has 122 valence electrons. The Balaban J connectivity index is 1.64.